The first kappa shape index (κ1) is 17.3. The molecule has 0 bridgehead atoms. The topological polar surface area (TPSA) is 69.3 Å². The first-order valence-electron chi connectivity index (χ1n) is 8.23. The average molecular weight is 315 g/mol. The normalized spacial score (nSPS) is 18.3. The zero-order valence-electron chi connectivity index (χ0n) is 14.2. The Morgan fingerprint density at radius 2 is 2.26 bits per heavy atom. The molecule has 1 amide bonds. The third-order valence-electron chi connectivity index (χ3n) is 4.45. The maximum Gasteiger partial charge on any atom is 0.264 e. The van der Waals surface area contributed by atoms with E-state index in [-0.39, 0.29) is 11.5 Å². The van der Waals surface area contributed by atoms with Crippen LogP contribution in [0.4, 0.5) is 0 Å². The zero-order valence-corrected chi connectivity index (χ0v) is 14.2. The number of hydrogen-bond acceptors (Lipinski definition) is 3. The van der Waals surface area contributed by atoms with Crippen molar-refractivity contribution < 1.29 is 9.90 Å². The molecule has 0 aliphatic carbocycles. The minimum atomic E-state index is -0.474. The highest BCUT2D eigenvalue weighted by molar-refractivity contribution is 6.02. The summed E-state index contributed by atoms with van der Waals surface area (Å²) in [5, 5.41) is 18.9. The van der Waals surface area contributed by atoms with Gasteiger partial charge in [0.25, 0.3) is 5.91 Å². The number of rotatable bonds is 5. The van der Waals surface area contributed by atoms with E-state index in [9.17, 15) is 15.2 Å². The molecule has 1 aromatic heterocycles. The molecule has 2 rings (SSSR count). The van der Waals surface area contributed by atoms with Crippen molar-refractivity contribution in [1.29, 1.82) is 5.26 Å². The molecule has 0 aromatic carbocycles. The van der Waals surface area contributed by atoms with Crippen LogP contribution in [0.3, 0.4) is 0 Å². The summed E-state index contributed by atoms with van der Waals surface area (Å²) in [6, 6.07) is 4.04. The van der Waals surface area contributed by atoms with Gasteiger partial charge in [0.05, 0.1) is 6.10 Å². The lowest BCUT2D eigenvalue weighted by molar-refractivity contribution is -0.125. The smallest absolute Gasteiger partial charge is 0.264 e. The molecular formula is C18H25N3O2. The Kier molecular flexibility index (Phi) is 5.62. The van der Waals surface area contributed by atoms with E-state index in [0.717, 1.165) is 36.3 Å². The predicted octanol–water partition coefficient (Wildman–Crippen LogP) is 2.41. The van der Waals surface area contributed by atoms with E-state index in [0.29, 0.717) is 19.5 Å². The monoisotopic (exact) mass is 315 g/mol. The van der Waals surface area contributed by atoms with Crippen LogP contribution in [0.2, 0.25) is 0 Å². The van der Waals surface area contributed by atoms with Crippen molar-refractivity contribution in [2.45, 2.75) is 52.7 Å². The van der Waals surface area contributed by atoms with Crippen LogP contribution in [-0.4, -0.2) is 39.7 Å². The van der Waals surface area contributed by atoms with Gasteiger partial charge in [-0.05, 0) is 44.4 Å². The third-order valence-corrected chi connectivity index (χ3v) is 4.45. The quantitative estimate of drug-likeness (QED) is 0.670. The van der Waals surface area contributed by atoms with Crippen LogP contribution in [-0.2, 0) is 11.3 Å². The molecule has 1 atom stereocenters. The fraction of sp³-hybridized carbons (Fsp3) is 0.556. The van der Waals surface area contributed by atoms with Gasteiger partial charge in [-0.1, -0.05) is 13.3 Å². The molecule has 0 unspecified atom stereocenters. The molecule has 2 heterocycles. The second-order valence-corrected chi connectivity index (χ2v) is 6.20. The number of β-amino-alcohol motifs (C(OH)–C–C–N with tert-alkyl or cyclic N) is 1. The van der Waals surface area contributed by atoms with Gasteiger partial charge in [-0.15, -0.1) is 0 Å². The van der Waals surface area contributed by atoms with E-state index < -0.39 is 6.10 Å². The number of carbonyl (C=O) groups is 1. The summed E-state index contributed by atoms with van der Waals surface area (Å²) < 4.78 is 2.23. The summed E-state index contributed by atoms with van der Waals surface area (Å²) in [4.78, 5) is 14.0. The molecule has 0 radical (unpaired) electrons. The number of unbranched alkanes of at least 4 members (excludes halogenated alkanes) is 1. The average Bonchev–Trinajstić information content (AvgIpc) is 3.07. The van der Waals surface area contributed by atoms with Crippen LogP contribution in [0.15, 0.2) is 11.6 Å². The number of aromatic nitrogens is 1. The van der Waals surface area contributed by atoms with Crippen molar-refractivity contribution in [3.8, 4) is 6.07 Å². The highest BCUT2D eigenvalue weighted by atomic mass is 16.3. The van der Waals surface area contributed by atoms with Gasteiger partial charge in [-0.3, -0.25) is 4.79 Å². The molecule has 0 spiro atoms. The number of carbonyl (C=O) groups excluding carboxylic acids is 1. The molecule has 124 valence electrons. The van der Waals surface area contributed by atoms with Crippen LogP contribution in [0.5, 0.6) is 0 Å². The van der Waals surface area contributed by atoms with Gasteiger partial charge in [-0.2, -0.15) is 5.26 Å². The molecular weight excluding hydrogens is 290 g/mol. The standard InChI is InChI=1S/C18H25N3O2/c1-4-5-7-21-13(2)9-15(14(21)3)10-16(11-19)18(23)20-8-6-17(22)12-20/h9-10,17,22H,4-8,12H2,1-3H3/t17-/m0/s1. The van der Waals surface area contributed by atoms with Gasteiger partial charge in [0.1, 0.15) is 11.6 Å². The number of hydrogen-bond donors (Lipinski definition) is 1. The maximum atomic E-state index is 12.4. The third kappa shape index (κ3) is 3.83. The number of amides is 1. The van der Waals surface area contributed by atoms with E-state index in [1.807, 2.05) is 26.0 Å². The molecule has 5 heteroatoms. The zero-order chi connectivity index (χ0) is 17.0. The highest BCUT2D eigenvalue weighted by Crippen LogP contribution is 2.20. The lowest BCUT2D eigenvalue weighted by atomic mass is 10.1. The molecule has 1 saturated heterocycles. The number of aryl methyl sites for hydroxylation is 1. The van der Waals surface area contributed by atoms with Crippen LogP contribution in [0.1, 0.15) is 43.1 Å². The van der Waals surface area contributed by atoms with E-state index in [4.69, 9.17) is 0 Å². The lowest BCUT2D eigenvalue weighted by Crippen LogP contribution is -2.30. The number of nitrogens with zero attached hydrogens (tertiary/aromatic N) is 3. The Balaban J connectivity index is 2.25. The molecule has 1 N–H and O–H groups in total. The van der Waals surface area contributed by atoms with Crippen molar-refractivity contribution in [2.75, 3.05) is 13.1 Å². The Morgan fingerprint density at radius 3 is 2.83 bits per heavy atom. The van der Waals surface area contributed by atoms with Gasteiger partial charge >= 0.3 is 0 Å². The van der Waals surface area contributed by atoms with Gasteiger partial charge in [0.15, 0.2) is 0 Å². The number of likely N-dealkylation sites (tertiary alicyclic amines) is 1. The Labute approximate surface area is 137 Å². The first-order valence-corrected chi connectivity index (χ1v) is 8.23. The van der Waals surface area contributed by atoms with Crippen LogP contribution in [0.25, 0.3) is 6.08 Å². The van der Waals surface area contributed by atoms with Gasteiger partial charge in [0, 0.05) is 31.0 Å². The molecule has 0 saturated carbocycles. The summed E-state index contributed by atoms with van der Waals surface area (Å²) in [6.45, 7) is 8.00. The van der Waals surface area contributed by atoms with Crippen LogP contribution < -0.4 is 0 Å². The largest absolute Gasteiger partial charge is 0.391 e. The lowest BCUT2D eigenvalue weighted by Gasteiger charge is -2.14. The van der Waals surface area contributed by atoms with E-state index in [1.165, 1.54) is 0 Å². The summed E-state index contributed by atoms with van der Waals surface area (Å²) in [5.74, 6) is -0.289. The molecule has 23 heavy (non-hydrogen) atoms. The highest BCUT2D eigenvalue weighted by Gasteiger charge is 2.27. The molecule has 1 aromatic rings. The van der Waals surface area contributed by atoms with Gasteiger partial charge in [-0.25, -0.2) is 0 Å². The van der Waals surface area contributed by atoms with Gasteiger partial charge < -0.3 is 14.6 Å². The fourth-order valence-electron chi connectivity index (χ4n) is 3.03. The van der Waals surface area contributed by atoms with Crippen molar-refractivity contribution in [1.82, 2.24) is 9.47 Å². The second kappa shape index (κ2) is 7.47. The van der Waals surface area contributed by atoms with E-state index >= 15 is 0 Å². The minimum absolute atomic E-state index is 0.134. The summed E-state index contributed by atoms with van der Waals surface area (Å²) >= 11 is 0. The minimum Gasteiger partial charge on any atom is -0.391 e. The van der Waals surface area contributed by atoms with E-state index in [1.54, 1.807) is 11.0 Å². The Morgan fingerprint density at radius 1 is 1.52 bits per heavy atom. The summed E-state index contributed by atoms with van der Waals surface area (Å²) in [7, 11) is 0. The number of aliphatic hydroxyl groups is 1. The second-order valence-electron chi connectivity index (χ2n) is 6.20. The molecule has 5 nitrogen and oxygen atoms in total. The number of aliphatic hydroxyl groups excluding tert-OH is 1. The van der Waals surface area contributed by atoms with Crippen molar-refractivity contribution in [3.05, 3.63) is 28.6 Å². The molecule has 1 aliphatic heterocycles. The first-order chi connectivity index (χ1) is 11.0. The SMILES string of the molecule is CCCCn1c(C)cc(C=C(C#N)C(=O)N2CC[C@H](O)C2)c1C. The maximum absolute atomic E-state index is 12.4. The summed E-state index contributed by atoms with van der Waals surface area (Å²) in [5.41, 5.74) is 3.28. The fourth-order valence-corrected chi connectivity index (χ4v) is 3.03. The molecule has 1 aliphatic rings. The van der Waals surface area contributed by atoms with Crippen molar-refractivity contribution >= 4 is 12.0 Å². The van der Waals surface area contributed by atoms with Crippen LogP contribution >= 0.6 is 0 Å². The number of nitriles is 1. The summed E-state index contributed by atoms with van der Waals surface area (Å²) in [6.07, 6.45) is 4.02. The van der Waals surface area contributed by atoms with E-state index in [2.05, 4.69) is 11.5 Å². The van der Waals surface area contributed by atoms with Crippen LogP contribution in [0, 0.1) is 25.2 Å². The Bertz CT molecular complexity index is 652. The van der Waals surface area contributed by atoms with Gasteiger partial charge in [0.2, 0.25) is 0 Å². The predicted molar refractivity (Wildman–Crippen MR) is 89.6 cm³/mol. The van der Waals surface area contributed by atoms with Crippen molar-refractivity contribution in [2.24, 2.45) is 0 Å². The molecule has 1 fully saturated rings. The Hall–Kier alpha value is -2.06. The van der Waals surface area contributed by atoms with Crippen molar-refractivity contribution in [3.63, 3.8) is 0 Å².